The maximum Gasteiger partial charge on any atom is 0.251 e. The van der Waals surface area contributed by atoms with Crippen LogP contribution in [0.5, 0.6) is 0 Å². The molecular formula is C28H34N2O3. The molecule has 0 aliphatic carbocycles. The number of hydrogen-bond donors (Lipinski definition) is 3. The van der Waals surface area contributed by atoms with Crippen molar-refractivity contribution in [2.45, 2.75) is 51.1 Å². The molecule has 0 fully saturated rings. The first-order chi connectivity index (χ1) is 16.0. The minimum Gasteiger partial charge on any atom is -0.378 e. The van der Waals surface area contributed by atoms with Crippen molar-refractivity contribution in [1.82, 2.24) is 10.2 Å². The van der Waals surface area contributed by atoms with Crippen molar-refractivity contribution in [2.75, 3.05) is 7.05 Å². The highest BCUT2D eigenvalue weighted by Crippen LogP contribution is 2.20. The van der Waals surface area contributed by atoms with E-state index >= 15 is 0 Å². The van der Waals surface area contributed by atoms with Gasteiger partial charge in [-0.3, -0.25) is 4.79 Å². The molecule has 0 aliphatic heterocycles. The van der Waals surface area contributed by atoms with Gasteiger partial charge >= 0.3 is 0 Å². The first kappa shape index (κ1) is 24.6. The average Bonchev–Trinajstić information content (AvgIpc) is 2.84. The zero-order valence-corrected chi connectivity index (χ0v) is 19.4. The molecule has 3 atom stereocenters. The number of amides is 1. The Morgan fingerprint density at radius 3 is 1.73 bits per heavy atom. The second kappa shape index (κ2) is 12.3. The molecule has 174 valence electrons. The van der Waals surface area contributed by atoms with Crippen LogP contribution in [-0.4, -0.2) is 46.6 Å². The highest BCUT2D eigenvalue weighted by Gasteiger charge is 2.28. The number of carbonyl (C=O) groups excluding carboxylic acids is 1. The maximum atomic E-state index is 11.8. The van der Waals surface area contributed by atoms with Crippen LogP contribution in [0.1, 0.15) is 40.4 Å². The zero-order valence-electron chi connectivity index (χ0n) is 19.4. The molecule has 33 heavy (non-hydrogen) atoms. The molecule has 0 heterocycles. The van der Waals surface area contributed by atoms with Gasteiger partial charge in [0, 0.05) is 31.5 Å². The SMILES string of the molecule is CNC(=O)c1ccc(CCC(C)N([C@H](O)Cc2ccccc2)[C@H](O)Cc2ccccc2)cc1. The lowest BCUT2D eigenvalue weighted by Gasteiger charge is -2.37. The van der Waals surface area contributed by atoms with E-state index in [1.165, 1.54) is 0 Å². The van der Waals surface area contributed by atoms with Gasteiger partial charge in [-0.15, -0.1) is 0 Å². The minimum absolute atomic E-state index is 0.0546. The Hall–Kier alpha value is -2.99. The van der Waals surface area contributed by atoms with E-state index in [1.54, 1.807) is 7.05 Å². The van der Waals surface area contributed by atoms with Gasteiger partial charge in [-0.05, 0) is 48.6 Å². The molecule has 3 N–H and O–H groups in total. The number of nitrogens with one attached hydrogen (secondary N) is 1. The highest BCUT2D eigenvalue weighted by molar-refractivity contribution is 5.93. The van der Waals surface area contributed by atoms with Crippen molar-refractivity contribution < 1.29 is 15.0 Å². The predicted octanol–water partition coefficient (Wildman–Crippen LogP) is 3.79. The molecule has 3 aromatic rings. The van der Waals surface area contributed by atoms with Gasteiger partial charge in [0.2, 0.25) is 0 Å². The minimum atomic E-state index is -0.809. The molecule has 0 saturated carbocycles. The quantitative estimate of drug-likeness (QED) is 0.392. The van der Waals surface area contributed by atoms with Gasteiger partial charge in [0.15, 0.2) is 0 Å². The third kappa shape index (κ3) is 7.26. The van der Waals surface area contributed by atoms with Gasteiger partial charge in [0.1, 0.15) is 12.5 Å². The molecule has 0 bridgehead atoms. The fourth-order valence-electron chi connectivity index (χ4n) is 4.14. The van der Waals surface area contributed by atoms with E-state index in [2.05, 4.69) is 5.32 Å². The number of benzene rings is 3. The molecule has 0 saturated heterocycles. The normalized spacial score (nSPS) is 14.0. The van der Waals surface area contributed by atoms with Crippen LogP contribution in [0.25, 0.3) is 0 Å². The molecule has 5 heteroatoms. The molecule has 0 aliphatic rings. The Morgan fingerprint density at radius 1 is 0.788 bits per heavy atom. The summed E-state index contributed by atoms with van der Waals surface area (Å²) in [6.45, 7) is 2.04. The van der Waals surface area contributed by atoms with Crippen molar-refractivity contribution in [3.63, 3.8) is 0 Å². The largest absolute Gasteiger partial charge is 0.378 e. The first-order valence-corrected chi connectivity index (χ1v) is 11.5. The molecule has 5 nitrogen and oxygen atoms in total. The lowest BCUT2D eigenvalue weighted by atomic mass is 10.0. The van der Waals surface area contributed by atoms with Crippen LogP contribution in [0, 0.1) is 0 Å². The van der Waals surface area contributed by atoms with E-state index in [1.807, 2.05) is 96.8 Å². The summed E-state index contributed by atoms with van der Waals surface area (Å²) in [6, 6.07) is 27.2. The lowest BCUT2D eigenvalue weighted by Crippen LogP contribution is -2.50. The van der Waals surface area contributed by atoms with E-state index in [-0.39, 0.29) is 11.9 Å². The third-order valence-electron chi connectivity index (χ3n) is 6.01. The van der Waals surface area contributed by atoms with Gasteiger partial charge in [0.25, 0.3) is 5.91 Å². The first-order valence-electron chi connectivity index (χ1n) is 11.5. The van der Waals surface area contributed by atoms with Crippen LogP contribution in [0.3, 0.4) is 0 Å². The van der Waals surface area contributed by atoms with Crippen molar-refractivity contribution >= 4 is 5.91 Å². The highest BCUT2D eigenvalue weighted by atomic mass is 16.3. The predicted molar refractivity (Wildman–Crippen MR) is 132 cm³/mol. The summed E-state index contributed by atoms with van der Waals surface area (Å²) in [5.41, 5.74) is 3.80. The van der Waals surface area contributed by atoms with Crippen LogP contribution in [0.15, 0.2) is 84.9 Å². The summed E-state index contributed by atoms with van der Waals surface area (Å²) in [5.74, 6) is -0.103. The zero-order chi connectivity index (χ0) is 23.6. The summed E-state index contributed by atoms with van der Waals surface area (Å²) in [6.07, 6.45) is 0.808. The second-order valence-electron chi connectivity index (χ2n) is 8.45. The maximum absolute atomic E-state index is 11.8. The van der Waals surface area contributed by atoms with Crippen molar-refractivity contribution in [3.05, 3.63) is 107 Å². The van der Waals surface area contributed by atoms with Crippen molar-refractivity contribution in [1.29, 1.82) is 0 Å². The van der Waals surface area contributed by atoms with Crippen LogP contribution in [0.2, 0.25) is 0 Å². The number of rotatable bonds is 11. The Kier molecular flexibility index (Phi) is 9.19. The summed E-state index contributed by atoms with van der Waals surface area (Å²) in [4.78, 5) is 13.6. The third-order valence-corrected chi connectivity index (χ3v) is 6.01. The van der Waals surface area contributed by atoms with E-state index in [9.17, 15) is 15.0 Å². The van der Waals surface area contributed by atoms with Crippen molar-refractivity contribution in [2.24, 2.45) is 0 Å². The molecular weight excluding hydrogens is 412 g/mol. The van der Waals surface area contributed by atoms with Gasteiger partial charge in [0.05, 0.1) is 0 Å². The second-order valence-corrected chi connectivity index (χ2v) is 8.45. The number of hydrogen-bond acceptors (Lipinski definition) is 4. The van der Waals surface area contributed by atoms with Crippen LogP contribution in [0.4, 0.5) is 0 Å². The summed E-state index contributed by atoms with van der Waals surface area (Å²) in [7, 11) is 1.62. The standard InChI is InChI=1S/C28H34N2O3/c1-21(13-14-22-15-17-25(18-16-22)28(33)29-2)30(26(31)19-23-9-5-3-6-10-23)27(32)20-24-11-7-4-8-12-24/h3-12,15-18,21,26-27,31-32H,13-14,19-20H2,1-2H3,(H,29,33)/t21?,26-,27-/m1/s1. The summed E-state index contributed by atoms with van der Waals surface area (Å²) in [5, 5.41) is 24.9. The van der Waals surface area contributed by atoms with E-state index < -0.39 is 12.5 Å². The summed E-state index contributed by atoms with van der Waals surface area (Å²) >= 11 is 0. The fraction of sp³-hybridized carbons (Fsp3) is 0.321. The average molecular weight is 447 g/mol. The van der Waals surface area contributed by atoms with Crippen molar-refractivity contribution in [3.8, 4) is 0 Å². The smallest absolute Gasteiger partial charge is 0.251 e. The number of aliphatic hydroxyl groups is 2. The monoisotopic (exact) mass is 446 g/mol. The van der Waals surface area contributed by atoms with E-state index in [4.69, 9.17) is 0 Å². The van der Waals surface area contributed by atoms with Crippen LogP contribution >= 0.6 is 0 Å². The number of carbonyl (C=O) groups is 1. The molecule has 0 spiro atoms. The van der Waals surface area contributed by atoms with E-state index in [0.717, 1.165) is 29.5 Å². The fourth-order valence-corrected chi connectivity index (χ4v) is 4.14. The molecule has 0 radical (unpaired) electrons. The molecule has 1 amide bonds. The Labute approximate surface area is 196 Å². The number of nitrogens with zero attached hydrogens (tertiary/aromatic N) is 1. The Morgan fingerprint density at radius 2 is 1.27 bits per heavy atom. The summed E-state index contributed by atoms with van der Waals surface area (Å²) < 4.78 is 0. The van der Waals surface area contributed by atoms with Crippen LogP contribution < -0.4 is 5.32 Å². The van der Waals surface area contributed by atoms with Crippen LogP contribution in [-0.2, 0) is 19.3 Å². The number of aliphatic hydroxyl groups excluding tert-OH is 2. The Balaban J connectivity index is 1.70. The van der Waals surface area contributed by atoms with Gasteiger partial charge in [-0.25, -0.2) is 4.90 Å². The molecule has 0 aromatic heterocycles. The topological polar surface area (TPSA) is 72.8 Å². The van der Waals surface area contributed by atoms with Gasteiger partial charge in [-0.1, -0.05) is 72.8 Å². The number of aryl methyl sites for hydroxylation is 1. The molecule has 3 aromatic carbocycles. The molecule has 3 rings (SSSR count). The van der Waals surface area contributed by atoms with Gasteiger partial charge < -0.3 is 15.5 Å². The van der Waals surface area contributed by atoms with E-state index in [0.29, 0.717) is 18.4 Å². The lowest BCUT2D eigenvalue weighted by molar-refractivity contribution is -0.122. The Bertz CT molecular complexity index is 930. The van der Waals surface area contributed by atoms with Gasteiger partial charge in [-0.2, -0.15) is 0 Å². The molecule has 1 unspecified atom stereocenters.